The number of aryl methyl sites for hydroxylation is 1. The van der Waals surface area contributed by atoms with E-state index in [2.05, 4.69) is 30.2 Å². The molecular weight excluding hydrogens is 502 g/mol. The first-order valence-electron chi connectivity index (χ1n) is 11.8. The average Bonchev–Trinajstić information content (AvgIpc) is 3.36. The fraction of sp³-hybridized carbons (Fsp3) is 0.391. The number of hydrogen-bond donors (Lipinski definition) is 1. The van der Waals surface area contributed by atoms with Gasteiger partial charge in [0.2, 0.25) is 11.9 Å². The van der Waals surface area contributed by atoms with Gasteiger partial charge in [-0.3, -0.25) is 18.7 Å². The number of aromatic nitrogens is 8. The van der Waals surface area contributed by atoms with Gasteiger partial charge in [0.1, 0.15) is 11.9 Å². The maximum atomic E-state index is 13.4. The highest BCUT2D eigenvalue weighted by atomic mass is 19.3. The highest BCUT2D eigenvalue weighted by Crippen LogP contribution is 2.29. The van der Waals surface area contributed by atoms with Gasteiger partial charge in [0.25, 0.3) is 11.5 Å². The average molecular weight is 527 g/mol. The van der Waals surface area contributed by atoms with Crippen molar-refractivity contribution in [3.8, 4) is 11.4 Å². The number of fused-ring (bicyclic) bond motifs is 1. The molecule has 0 radical (unpaired) electrons. The Kier molecular flexibility index (Phi) is 6.20. The smallest absolute Gasteiger partial charge is 0.332 e. The van der Waals surface area contributed by atoms with Gasteiger partial charge in [0.15, 0.2) is 17.0 Å². The number of rotatable bonds is 5. The van der Waals surface area contributed by atoms with Crippen molar-refractivity contribution in [3.05, 3.63) is 51.8 Å². The van der Waals surface area contributed by atoms with E-state index < -0.39 is 29.1 Å². The molecule has 38 heavy (non-hydrogen) atoms. The Labute approximate surface area is 213 Å². The molecule has 1 fully saturated rings. The van der Waals surface area contributed by atoms with E-state index >= 15 is 0 Å². The molecule has 0 aromatic carbocycles. The summed E-state index contributed by atoms with van der Waals surface area (Å²) in [5, 5.41) is 2.70. The van der Waals surface area contributed by atoms with Crippen LogP contribution >= 0.6 is 0 Å². The van der Waals surface area contributed by atoms with Gasteiger partial charge in [0, 0.05) is 58.6 Å². The third-order valence-corrected chi connectivity index (χ3v) is 6.55. The number of piperidine rings is 1. The molecule has 0 bridgehead atoms. The minimum atomic E-state index is -2.66. The zero-order valence-electron chi connectivity index (χ0n) is 20.8. The van der Waals surface area contributed by atoms with Crippen LogP contribution < -0.4 is 21.5 Å². The van der Waals surface area contributed by atoms with E-state index in [1.807, 2.05) is 0 Å². The molecule has 1 aliphatic rings. The number of imidazole rings is 1. The summed E-state index contributed by atoms with van der Waals surface area (Å²) in [5.74, 6) is -2.33. The summed E-state index contributed by atoms with van der Waals surface area (Å²) in [6, 6.07) is 0.648. The zero-order chi connectivity index (χ0) is 27.2. The van der Waals surface area contributed by atoms with Crippen LogP contribution in [0.2, 0.25) is 0 Å². The van der Waals surface area contributed by atoms with Crippen molar-refractivity contribution in [2.75, 3.05) is 23.3 Å². The van der Waals surface area contributed by atoms with Crippen LogP contribution in [0.4, 0.5) is 20.5 Å². The molecule has 5 rings (SSSR count). The number of nitrogens with zero attached hydrogens (tertiary/aromatic N) is 9. The van der Waals surface area contributed by atoms with Crippen molar-refractivity contribution in [1.82, 2.24) is 38.6 Å². The molecule has 1 N–H and O–H groups in total. The number of carbonyl (C=O) groups is 1. The molecule has 13 nitrogen and oxygen atoms in total. The number of hydrogen-bond acceptors (Lipinski definition) is 9. The number of anilines is 2. The summed E-state index contributed by atoms with van der Waals surface area (Å²) in [7, 11) is 2.85. The SMILES string of the molecule is C[C@@H](C(=O)Nc1ccnc(-c2cnc(N3CCC(F)(F)CC3)nc2)n1)n1cnc2c1c(=O)n(C)c(=O)n2C. The third-order valence-electron chi connectivity index (χ3n) is 6.55. The number of halogens is 2. The minimum Gasteiger partial charge on any atom is -0.340 e. The second kappa shape index (κ2) is 9.39. The van der Waals surface area contributed by atoms with E-state index in [0.717, 1.165) is 4.57 Å². The Hall–Kier alpha value is -4.56. The van der Waals surface area contributed by atoms with Crippen LogP contribution in [0.5, 0.6) is 0 Å². The Morgan fingerprint density at radius 3 is 2.42 bits per heavy atom. The van der Waals surface area contributed by atoms with Crippen LogP contribution in [0.3, 0.4) is 0 Å². The molecule has 0 spiro atoms. The van der Waals surface area contributed by atoms with Gasteiger partial charge in [-0.2, -0.15) is 0 Å². The predicted molar refractivity (Wildman–Crippen MR) is 133 cm³/mol. The Bertz CT molecular complexity index is 1630. The van der Waals surface area contributed by atoms with E-state index in [9.17, 15) is 23.2 Å². The van der Waals surface area contributed by atoms with Gasteiger partial charge >= 0.3 is 5.69 Å². The van der Waals surface area contributed by atoms with E-state index in [-0.39, 0.29) is 48.7 Å². The monoisotopic (exact) mass is 526 g/mol. The quantitative estimate of drug-likeness (QED) is 0.404. The molecule has 0 saturated carbocycles. The third kappa shape index (κ3) is 4.50. The Morgan fingerprint density at radius 1 is 1.05 bits per heavy atom. The van der Waals surface area contributed by atoms with Crippen LogP contribution in [-0.4, -0.2) is 63.5 Å². The van der Waals surface area contributed by atoms with Gasteiger partial charge in [0.05, 0.1) is 11.9 Å². The highest BCUT2D eigenvalue weighted by Gasteiger charge is 2.34. The summed E-state index contributed by atoms with van der Waals surface area (Å²) in [6.45, 7) is 1.92. The normalized spacial score (nSPS) is 16.0. The van der Waals surface area contributed by atoms with Crippen LogP contribution in [0.1, 0.15) is 25.8 Å². The van der Waals surface area contributed by atoms with Crippen molar-refractivity contribution in [3.63, 3.8) is 0 Å². The molecule has 4 aromatic rings. The second-order valence-electron chi connectivity index (χ2n) is 9.08. The molecule has 1 saturated heterocycles. The summed E-state index contributed by atoms with van der Waals surface area (Å²) >= 11 is 0. The summed E-state index contributed by atoms with van der Waals surface area (Å²) in [6.07, 6.45) is 5.30. The van der Waals surface area contributed by atoms with Crippen molar-refractivity contribution >= 4 is 28.8 Å². The number of alkyl halides is 2. The van der Waals surface area contributed by atoms with Crippen LogP contribution in [-0.2, 0) is 18.9 Å². The van der Waals surface area contributed by atoms with E-state index in [1.165, 1.54) is 54.2 Å². The topological polar surface area (TPSA) is 146 Å². The predicted octanol–water partition coefficient (Wildman–Crippen LogP) is 1.12. The summed E-state index contributed by atoms with van der Waals surface area (Å²) in [4.78, 5) is 60.9. The largest absolute Gasteiger partial charge is 0.340 e. The molecule has 1 amide bonds. The first kappa shape index (κ1) is 25.1. The Morgan fingerprint density at radius 2 is 1.74 bits per heavy atom. The molecule has 198 valence electrons. The first-order valence-corrected chi connectivity index (χ1v) is 11.8. The molecule has 0 aliphatic carbocycles. The van der Waals surface area contributed by atoms with E-state index in [1.54, 1.807) is 11.8 Å². The molecular formula is C23H24F2N10O3. The van der Waals surface area contributed by atoms with Crippen molar-refractivity contribution in [2.24, 2.45) is 14.1 Å². The van der Waals surface area contributed by atoms with Crippen LogP contribution in [0.25, 0.3) is 22.6 Å². The Balaban J connectivity index is 1.33. The maximum absolute atomic E-state index is 13.4. The number of amides is 1. The lowest BCUT2D eigenvalue weighted by molar-refractivity contribution is -0.118. The minimum absolute atomic E-state index is 0.121. The van der Waals surface area contributed by atoms with E-state index in [4.69, 9.17) is 0 Å². The second-order valence-corrected chi connectivity index (χ2v) is 9.08. The molecule has 4 aromatic heterocycles. The molecule has 0 unspecified atom stereocenters. The summed E-state index contributed by atoms with van der Waals surface area (Å²) in [5.41, 5.74) is -0.316. The van der Waals surface area contributed by atoms with Gasteiger partial charge in [-0.05, 0) is 13.0 Å². The van der Waals surface area contributed by atoms with Crippen LogP contribution in [0.15, 0.2) is 40.6 Å². The van der Waals surface area contributed by atoms with Gasteiger partial charge in [-0.15, -0.1) is 0 Å². The molecule has 5 heterocycles. The fourth-order valence-electron chi connectivity index (χ4n) is 4.22. The first-order chi connectivity index (χ1) is 18.1. The number of nitrogens with one attached hydrogen (secondary N) is 1. The number of carbonyl (C=O) groups excluding carboxylic acids is 1. The van der Waals surface area contributed by atoms with Gasteiger partial charge < -0.3 is 14.8 Å². The maximum Gasteiger partial charge on any atom is 0.332 e. The van der Waals surface area contributed by atoms with Gasteiger partial charge in [-0.25, -0.2) is 38.5 Å². The van der Waals surface area contributed by atoms with Crippen molar-refractivity contribution in [1.29, 1.82) is 0 Å². The van der Waals surface area contributed by atoms with E-state index in [0.29, 0.717) is 11.5 Å². The lowest BCUT2D eigenvalue weighted by atomic mass is 10.1. The highest BCUT2D eigenvalue weighted by molar-refractivity contribution is 5.93. The lowest BCUT2D eigenvalue weighted by Gasteiger charge is -2.31. The van der Waals surface area contributed by atoms with Crippen molar-refractivity contribution < 1.29 is 13.6 Å². The summed E-state index contributed by atoms with van der Waals surface area (Å²) < 4.78 is 30.4. The molecule has 1 atom stereocenters. The molecule has 1 aliphatic heterocycles. The fourth-order valence-corrected chi connectivity index (χ4v) is 4.22. The van der Waals surface area contributed by atoms with Gasteiger partial charge in [-0.1, -0.05) is 0 Å². The van der Waals surface area contributed by atoms with Crippen molar-refractivity contribution in [2.45, 2.75) is 31.7 Å². The van der Waals surface area contributed by atoms with Crippen LogP contribution in [0, 0.1) is 0 Å². The zero-order valence-corrected chi connectivity index (χ0v) is 20.8. The standard InChI is InChI=1S/C23H24F2N10O3/c1-13(35-12-29-18-16(35)20(37)33(3)22(38)32(18)2)19(36)31-15-4-7-26-17(30-15)14-10-27-21(28-11-14)34-8-5-23(24,25)6-9-34/h4,7,10-13H,5-6,8-9H2,1-3H3,(H,26,30,31,36)/t13-/m0/s1. The lowest BCUT2D eigenvalue weighted by Crippen LogP contribution is -2.40. The molecule has 15 heteroatoms.